The summed E-state index contributed by atoms with van der Waals surface area (Å²) in [6.07, 6.45) is 1.82. The summed E-state index contributed by atoms with van der Waals surface area (Å²) in [5.41, 5.74) is 0. The minimum atomic E-state index is 1.15. The lowest BCUT2D eigenvalue weighted by Gasteiger charge is -1.67. The van der Waals surface area contributed by atoms with Gasteiger partial charge in [0.1, 0.15) is 0 Å². The molecule has 1 heterocycles. The summed E-state index contributed by atoms with van der Waals surface area (Å²) < 4.78 is 3.93. The lowest BCUT2D eigenvalue weighted by molar-refractivity contribution is 1.56. The van der Waals surface area contributed by atoms with Gasteiger partial charge in [0.15, 0.2) is 0 Å². The Hall–Kier alpha value is 0.01000. The standard InChI is InChI=1S/C3H3NP2/c1-2-4-6-5-3-1/h1-3H. The molecule has 1 aromatic heterocycles. The minimum absolute atomic E-state index is 1.15. The van der Waals surface area contributed by atoms with Gasteiger partial charge >= 0.3 is 0 Å². The fourth-order valence-electron chi connectivity index (χ4n) is 0.205. The van der Waals surface area contributed by atoms with Crippen molar-refractivity contribution in [3.05, 3.63) is 18.1 Å². The summed E-state index contributed by atoms with van der Waals surface area (Å²) in [6.45, 7) is 0. The second kappa shape index (κ2) is 2.23. The predicted molar refractivity (Wildman–Crippen MR) is 29.3 cm³/mol. The van der Waals surface area contributed by atoms with Crippen molar-refractivity contribution in [1.82, 2.24) is 4.75 Å². The third-order valence-corrected chi connectivity index (χ3v) is 2.07. The Morgan fingerprint density at radius 1 is 1.50 bits per heavy atom. The van der Waals surface area contributed by atoms with Crippen molar-refractivity contribution in [1.29, 1.82) is 0 Å². The molecule has 0 bridgehead atoms. The van der Waals surface area contributed by atoms with E-state index >= 15 is 0 Å². The van der Waals surface area contributed by atoms with Gasteiger partial charge in [0.05, 0.1) is 8.03 Å². The highest BCUT2D eigenvalue weighted by Gasteiger charge is 1.60. The molecule has 6 heavy (non-hydrogen) atoms. The molecule has 0 saturated heterocycles. The van der Waals surface area contributed by atoms with Crippen molar-refractivity contribution in [2.75, 3.05) is 0 Å². The van der Waals surface area contributed by atoms with Gasteiger partial charge in [0.25, 0.3) is 0 Å². The molecule has 0 atom stereocenters. The maximum atomic E-state index is 3.93. The van der Waals surface area contributed by atoms with Gasteiger partial charge < -0.3 is 0 Å². The van der Waals surface area contributed by atoms with Crippen molar-refractivity contribution >= 4 is 15.9 Å². The smallest absolute Gasteiger partial charge is 0.0692 e. The summed E-state index contributed by atoms with van der Waals surface area (Å²) in [5, 5.41) is 0. The van der Waals surface area contributed by atoms with Gasteiger partial charge in [-0.3, -0.25) is 0 Å². The van der Waals surface area contributed by atoms with Crippen LogP contribution < -0.4 is 0 Å². The Balaban J connectivity index is 3.00. The van der Waals surface area contributed by atoms with Gasteiger partial charge in [-0.25, -0.2) is 4.75 Å². The molecule has 0 saturated carbocycles. The first-order valence-electron chi connectivity index (χ1n) is 1.58. The average molecular weight is 115 g/mol. The maximum Gasteiger partial charge on any atom is 0.0692 e. The van der Waals surface area contributed by atoms with E-state index in [1.54, 1.807) is 0 Å². The van der Waals surface area contributed by atoms with E-state index in [0.29, 0.717) is 0 Å². The maximum absolute atomic E-state index is 3.93. The van der Waals surface area contributed by atoms with Crippen LogP contribution in [-0.2, 0) is 0 Å². The lowest BCUT2D eigenvalue weighted by Crippen LogP contribution is -1.44. The molecular formula is C3H3NP2. The van der Waals surface area contributed by atoms with Crippen molar-refractivity contribution < 1.29 is 0 Å². The van der Waals surface area contributed by atoms with E-state index in [0.717, 1.165) is 8.03 Å². The predicted octanol–water partition coefficient (Wildman–Crippen LogP) is 2.24. The summed E-state index contributed by atoms with van der Waals surface area (Å²) in [7, 11) is 2.45. The third-order valence-electron chi connectivity index (χ3n) is 0.409. The van der Waals surface area contributed by atoms with Crippen LogP contribution in [0.4, 0.5) is 0 Å². The first kappa shape index (κ1) is 4.18. The summed E-state index contributed by atoms with van der Waals surface area (Å²) in [4.78, 5) is 0. The fraction of sp³-hybridized carbons (Fsp3) is 0. The molecule has 30 valence electrons. The molecule has 0 aliphatic carbocycles. The molecule has 0 spiro atoms. The van der Waals surface area contributed by atoms with Crippen LogP contribution in [0.25, 0.3) is 0 Å². The molecule has 0 radical (unpaired) electrons. The van der Waals surface area contributed by atoms with Crippen LogP contribution in [-0.4, -0.2) is 4.75 Å². The number of hydrogen-bond acceptors (Lipinski definition) is 1. The Morgan fingerprint density at radius 3 is 2.67 bits per heavy atom. The Bertz CT molecular complexity index is 80.7. The molecule has 1 nitrogen and oxygen atoms in total. The first-order valence-corrected chi connectivity index (χ1v) is 4.10. The van der Waals surface area contributed by atoms with E-state index < -0.39 is 0 Å². The molecule has 0 aliphatic rings. The molecule has 0 aliphatic heterocycles. The zero-order valence-corrected chi connectivity index (χ0v) is 4.86. The monoisotopic (exact) mass is 115 g/mol. The van der Waals surface area contributed by atoms with Gasteiger partial charge in [-0.1, -0.05) is 0 Å². The van der Waals surface area contributed by atoms with E-state index in [-0.39, 0.29) is 0 Å². The van der Waals surface area contributed by atoms with E-state index in [1.165, 1.54) is 7.87 Å². The van der Waals surface area contributed by atoms with Crippen LogP contribution in [0.2, 0.25) is 0 Å². The highest BCUT2D eigenvalue weighted by Crippen LogP contribution is 2.11. The molecule has 3 heteroatoms. The Morgan fingerprint density at radius 2 is 2.50 bits per heavy atom. The van der Waals surface area contributed by atoms with Crippen molar-refractivity contribution in [2.45, 2.75) is 0 Å². The molecule has 0 fully saturated rings. The van der Waals surface area contributed by atoms with E-state index in [2.05, 4.69) is 10.5 Å². The quantitative estimate of drug-likeness (QED) is 0.505. The van der Waals surface area contributed by atoms with Gasteiger partial charge in [-0.2, -0.15) is 0 Å². The zero-order chi connectivity index (χ0) is 4.24. The highest BCUT2D eigenvalue weighted by atomic mass is 31.8. The second-order valence-corrected chi connectivity index (χ2v) is 2.98. The van der Waals surface area contributed by atoms with Crippen LogP contribution >= 0.6 is 15.9 Å². The van der Waals surface area contributed by atoms with Gasteiger partial charge in [-0.15, -0.1) is 0 Å². The van der Waals surface area contributed by atoms with Crippen molar-refractivity contribution in [3.63, 3.8) is 0 Å². The molecular weight excluding hydrogens is 112 g/mol. The second-order valence-electron chi connectivity index (χ2n) is 0.811. The van der Waals surface area contributed by atoms with Crippen LogP contribution in [0.3, 0.4) is 0 Å². The highest BCUT2D eigenvalue weighted by molar-refractivity contribution is 7.87. The number of aromatic nitrogens is 1. The summed E-state index contributed by atoms with van der Waals surface area (Å²) in [6, 6.07) is 1.96. The van der Waals surface area contributed by atoms with Crippen LogP contribution in [0.5, 0.6) is 0 Å². The van der Waals surface area contributed by atoms with Crippen LogP contribution in [0.15, 0.2) is 18.1 Å². The van der Waals surface area contributed by atoms with Crippen LogP contribution in [0, 0.1) is 0 Å². The van der Waals surface area contributed by atoms with Gasteiger partial charge in [0, 0.05) is 6.20 Å². The lowest BCUT2D eigenvalue weighted by atomic mass is 10.8. The SMILES string of the molecule is c1cnppc1. The molecule has 0 aromatic carbocycles. The Kier molecular flexibility index (Phi) is 1.55. The normalized spacial score (nSPS) is 10.7. The number of rotatable bonds is 0. The largest absolute Gasteiger partial charge is 0.231 e. The Labute approximate surface area is 39.6 Å². The third kappa shape index (κ3) is 1.01. The molecule has 0 amide bonds. The summed E-state index contributed by atoms with van der Waals surface area (Å²) >= 11 is 0. The van der Waals surface area contributed by atoms with Gasteiger partial charge in [-0.05, 0) is 19.7 Å². The molecule has 1 aromatic rings. The van der Waals surface area contributed by atoms with Crippen molar-refractivity contribution in [2.24, 2.45) is 0 Å². The number of hydrogen-bond donors (Lipinski definition) is 0. The number of nitrogens with zero attached hydrogens (tertiary/aromatic N) is 1. The van der Waals surface area contributed by atoms with E-state index in [4.69, 9.17) is 0 Å². The fourth-order valence-corrected chi connectivity index (χ4v) is 1.38. The summed E-state index contributed by atoms with van der Waals surface area (Å²) in [5.74, 6) is 2.08. The topological polar surface area (TPSA) is 12.9 Å². The van der Waals surface area contributed by atoms with Crippen molar-refractivity contribution in [3.8, 4) is 0 Å². The van der Waals surface area contributed by atoms with E-state index in [1.807, 2.05) is 12.3 Å². The minimum Gasteiger partial charge on any atom is -0.231 e. The zero-order valence-electron chi connectivity index (χ0n) is 3.07. The molecule has 0 unspecified atom stereocenters. The van der Waals surface area contributed by atoms with Gasteiger partial charge in [0.2, 0.25) is 0 Å². The van der Waals surface area contributed by atoms with E-state index in [9.17, 15) is 0 Å². The molecule has 1 rings (SSSR count). The average Bonchev–Trinajstić information content (AvgIpc) is 1.72. The first-order chi connectivity index (χ1) is 3.00. The van der Waals surface area contributed by atoms with Crippen LogP contribution in [0.1, 0.15) is 0 Å². The molecule has 0 N–H and O–H groups in total.